The molecule has 4 nitrogen and oxygen atoms in total. The van der Waals surface area contributed by atoms with Crippen molar-refractivity contribution >= 4 is 5.69 Å². The summed E-state index contributed by atoms with van der Waals surface area (Å²) in [6, 6.07) is 4.51. The van der Waals surface area contributed by atoms with Crippen molar-refractivity contribution in [2.24, 2.45) is 0 Å². The summed E-state index contributed by atoms with van der Waals surface area (Å²) in [5, 5.41) is 3.44. The molecule has 4 heteroatoms. The van der Waals surface area contributed by atoms with Crippen molar-refractivity contribution < 1.29 is 4.74 Å². The number of ether oxygens (including phenoxy) is 1. The molecule has 0 aliphatic rings. The van der Waals surface area contributed by atoms with Crippen LogP contribution in [0.25, 0.3) is 0 Å². The molecule has 1 atom stereocenters. The number of hydrogen-bond donors (Lipinski definition) is 1. The lowest BCUT2D eigenvalue weighted by atomic mass is 10.2. The number of nitrogens with one attached hydrogen (secondary N) is 1. The number of hydrogen-bond acceptors (Lipinski definition) is 4. The van der Waals surface area contributed by atoms with Crippen molar-refractivity contribution in [1.82, 2.24) is 10.3 Å². The summed E-state index contributed by atoms with van der Waals surface area (Å²) in [5.41, 5.74) is 2.21. The summed E-state index contributed by atoms with van der Waals surface area (Å²) >= 11 is 0. The van der Waals surface area contributed by atoms with E-state index in [-0.39, 0.29) is 0 Å². The van der Waals surface area contributed by atoms with Crippen LogP contribution in [-0.4, -0.2) is 38.8 Å². The highest BCUT2D eigenvalue weighted by Gasteiger charge is 2.06. The highest BCUT2D eigenvalue weighted by molar-refractivity contribution is 5.43. The second-order valence-electron chi connectivity index (χ2n) is 4.53. The number of pyridine rings is 1. The van der Waals surface area contributed by atoms with Crippen LogP contribution in [-0.2, 0) is 4.74 Å². The minimum absolute atomic E-state index is 0.309. The predicted molar refractivity (Wildman–Crippen MR) is 76.1 cm³/mol. The lowest BCUT2D eigenvalue weighted by Crippen LogP contribution is -2.23. The van der Waals surface area contributed by atoms with Gasteiger partial charge >= 0.3 is 0 Å². The maximum atomic E-state index is 5.07. The first-order valence-corrected chi connectivity index (χ1v) is 6.58. The standard InChI is InChI=1S/C14H25N3O/c1-5-8-15-12(2)14-7-6-13(11-16-14)17(3)9-10-18-4/h6-7,11-12,15H,5,8-10H2,1-4H3. The summed E-state index contributed by atoms with van der Waals surface area (Å²) in [6.45, 7) is 6.94. The van der Waals surface area contributed by atoms with Crippen LogP contribution < -0.4 is 10.2 Å². The van der Waals surface area contributed by atoms with Crippen LogP contribution in [0.4, 0.5) is 5.69 Å². The molecule has 0 aromatic carbocycles. The zero-order chi connectivity index (χ0) is 13.4. The zero-order valence-electron chi connectivity index (χ0n) is 11.9. The van der Waals surface area contributed by atoms with Gasteiger partial charge in [0.25, 0.3) is 0 Å². The third-order valence-corrected chi connectivity index (χ3v) is 2.99. The Hall–Kier alpha value is -1.13. The lowest BCUT2D eigenvalue weighted by Gasteiger charge is -2.19. The van der Waals surface area contributed by atoms with Gasteiger partial charge in [-0.1, -0.05) is 6.92 Å². The van der Waals surface area contributed by atoms with E-state index in [0.29, 0.717) is 6.04 Å². The lowest BCUT2D eigenvalue weighted by molar-refractivity contribution is 0.206. The maximum absolute atomic E-state index is 5.07. The van der Waals surface area contributed by atoms with E-state index >= 15 is 0 Å². The first-order valence-electron chi connectivity index (χ1n) is 6.58. The van der Waals surface area contributed by atoms with Crippen LogP contribution in [0.3, 0.4) is 0 Å². The fourth-order valence-electron chi connectivity index (χ4n) is 1.70. The van der Waals surface area contributed by atoms with Crippen LogP contribution in [0.1, 0.15) is 32.0 Å². The number of anilines is 1. The van der Waals surface area contributed by atoms with Crippen LogP contribution >= 0.6 is 0 Å². The summed E-state index contributed by atoms with van der Waals surface area (Å²) in [6.07, 6.45) is 3.07. The molecule has 0 radical (unpaired) electrons. The van der Waals surface area contributed by atoms with Crippen LogP contribution in [0.5, 0.6) is 0 Å². The molecule has 1 aromatic heterocycles. The van der Waals surface area contributed by atoms with Gasteiger partial charge in [-0.05, 0) is 32.0 Å². The Balaban J connectivity index is 2.56. The molecule has 0 saturated carbocycles. The van der Waals surface area contributed by atoms with Gasteiger partial charge in [0.15, 0.2) is 0 Å². The van der Waals surface area contributed by atoms with E-state index in [2.05, 4.69) is 48.2 Å². The molecule has 0 bridgehead atoms. The normalized spacial score (nSPS) is 12.4. The molecule has 0 saturated heterocycles. The fourth-order valence-corrected chi connectivity index (χ4v) is 1.70. The minimum atomic E-state index is 0.309. The monoisotopic (exact) mass is 251 g/mol. The van der Waals surface area contributed by atoms with Crippen molar-refractivity contribution in [3.8, 4) is 0 Å². The van der Waals surface area contributed by atoms with E-state index in [1.54, 1.807) is 7.11 Å². The van der Waals surface area contributed by atoms with Gasteiger partial charge in [0, 0.05) is 26.7 Å². The van der Waals surface area contributed by atoms with Gasteiger partial charge in [0.2, 0.25) is 0 Å². The molecule has 0 aliphatic carbocycles. The van der Waals surface area contributed by atoms with Crippen molar-refractivity contribution in [3.63, 3.8) is 0 Å². The highest BCUT2D eigenvalue weighted by Crippen LogP contribution is 2.15. The fraction of sp³-hybridized carbons (Fsp3) is 0.643. The molecule has 0 amide bonds. The average molecular weight is 251 g/mol. The third kappa shape index (κ3) is 4.63. The Kier molecular flexibility index (Phi) is 6.68. The molecule has 0 fully saturated rings. The average Bonchev–Trinajstić information content (AvgIpc) is 2.42. The van der Waals surface area contributed by atoms with Crippen molar-refractivity contribution in [2.45, 2.75) is 26.3 Å². The maximum Gasteiger partial charge on any atom is 0.0637 e. The SMILES string of the molecule is CCCNC(C)c1ccc(N(C)CCOC)cn1. The van der Waals surface area contributed by atoms with Gasteiger partial charge in [-0.15, -0.1) is 0 Å². The zero-order valence-corrected chi connectivity index (χ0v) is 11.9. The van der Waals surface area contributed by atoms with E-state index in [4.69, 9.17) is 4.74 Å². The predicted octanol–water partition coefficient (Wildman–Crippen LogP) is 2.22. The van der Waals surface area contributed by atoms with E-state index in [1.165, 1.54) is 0 Å². The highest BCUT2D eigenvalue weighted by atomic mass is 16.5. The van der Waals surface area contributed by atoms with Gasteiger partial charge in [0.1, 0.15) is 0 Å². The van der Waals surface area contributed by atoms with E-state index in [0.717, 1.165) is 37.5 Å². The Labute approximate surface area is 110 Å². The Morgan fingerprint density at radius 3 is 2.78 bits per heavy atom. The minimum Gasteiger partial charge on any atom is -0.383 e. The molecule has 1 heterocycles. The van der Waals surface area contributed by atoms with Crippen molar-refractivity contribution in [2.75, 3.05) is 38.8 Å². The summed E-state index contributed by atoms with van der Waals surface area (Å²) in [4.78, 5) is 6.66. The first-order chi connectivity index (χ1) is 8.69. The molecule has 0 aliphatic heterocycles. The quantitative estimate of drug-likeness (QED) is 0.769. The second kappa shape index (κ2) is 8.06. The molecular weight excluding hydrogens is 226 g/mol. The van der Waals surface area contributed by atoms with E-state index < -0.39 is 0 Å². The molecule has 1 aromatic rings. The smallest absolute Gasteiger partial charge is 0.0637 e. The molecule has 18 heavy (non-hydrogen) atoms. The number of methoxy groups -OCH3 is 1. The number of likely N-dealkylation sites (N-methyl/N-ethyl adjacent to an activating group) is 1. The van der Waals surface area contributed by atoms with Crippen LogP contribution in [0, 0.1) is 0 Å². The molecular formula is C14H25N3O. The van der Waals surface area contributed by atoms with Gasteiger partial charge < -0.3 is 15.0 Å². The summed E-state index contributed by atoms with van der Waals surface area (Å²) < 4.78 is 5.07. The molecule has 0 spiro atoms. The Bertz CT molecular complexity index is 293. The van der Waals surface area contributed by atoms with Crippen molar-refractivity contribution in [3.05, 3.63) is 24.0 Å². The summed E-state index contributed by atoms with van der Waals surface area (Å²) in [7, 11) is 3.77. The topological polar surface area (TPSA) is 37.4 Å². The van der Waals surface area contributed by atoms with Gasteiger partial charge in [-0.2, -0.15) is 0 Å². The number of rotatable bonds is 8. The Morgan fingerprint density at radius 2 is 2.22 bits per heavy atom. The largest absolute Gasteiger partial charge is 0.383 e. The molecule has 1 unspecified atom stereocenters. The molecule has 1 N–H and O–H groups in total. The molecule has 1 rings (SSSR count). The summed E-state index contributed by atoms with van der Waals surface area (Å²) in [5.74, 6) is 0. The second-order valence-corrected chi connectivity index (χ2v) is 4.53. The van der Waals surface area contributed by atoms with Gasteiger partial charge in [0.05, 0.1) is 24.2 Å². The third-order valence-electron chi connectivity index (χ3n) is 2.99. The molecule has 102 valence electrons. The van der Waals surface area contributed by atoms with E-state index in [1.807, 2.05) is 6.20 Å². The van der Waals surface area contributed by atoms with Gasteiger partial charge in [-0.3, -0.25) is 4.98 Å². The van der Waals surface area contributed by atoms with E-state index in [9.17, 15) is 0 Å². The van der Waals surface area contributed by atoms with Crippen LogP contribution in [0.2, 0.25) is 0 Å². The Morgan fingerprint density at radius 1 is 1.44 bits per heavy atom. The van der Waals surface area contributed by atoms with Crippen LogP contribution in [0.15, 0.2) is 18.3 Å². The number of nitrogens with zero attached hydrogens (tertiary/aromatic N) is 2. The first kappa shape index (κ1) is 14.9. The number of aromatic nitrogens is 1. The van der Waals surface area contributed by atoms with Crippen molar-refractivity contribution in [1.29, 1.82) is 0 Å². The van der Waals surface area contributed by atoms with Gasteiger partial charge in [-0.25, -0.2) is 0 Å².